The highest BCUT2D eigenvalue weighted by Gasteiger charge is 2.29. The zero-order valence-electron chi connectivity index (χ0n) is 19.4. The molecule has 2 amide bonds. The zero-order valence-corrected chi connectivity index (χ0v) is 19.4. The summed E-state index contributed by atoms with van der Waals surface area (Å²) < 4.78 is 15.2. The lowest BCUT2D eigenvalue weighted by atomic mass is 10.0. The van der Waals surface area contributed by atoms with Gasteiger partial charge in [-0.25, -0.2) is 9.59 Å². The Kier molecular flexibility index (Phi) is 11.2. The Labute approximate surface area is 189 Å². The summed E-state index contributed by atoms with van der Waals surface area (Å²) in [5.41, 5.74) is 0.0632. The van der Waals surface area contributed by atoms with E-state index in [1.807, 2.05) is 30.3 Å². The van der Waals surface area contributed by atoms with Gasteiger partial charge in [-0.3, -0.25) is 9.59 Å². The van der Waals surface area contributed by atoms with Crippen LogP contribution in [0.5, 0.6) is 0 Å². The minimum Gasteiger partial charge on any atom is -0.466 e. The van der Waals surface area contributed by atoms with Crippen molar-refractivity contribution in [3.05, 3.63) is 35.9 Å². The van der Waals surface area contributed by atoms with Crippen LogP contribution in [0.1, 0.15) is 53.0 Å². The molecule has 0 aromatic heterocycles. The van der Waals surface area contributed by atoms with Crippen LogP contribution in [0.3, 0.4) is 0 Å². The summed E-state index contributed by atoms with van der Waals surface area (Å²) in [7, 11) is 0. The first-order valence-corrected chi connectivity index (χ1v) is 10.7. The van der Waals surface area contributed by atoms with Gasteiger partial charge >= 0.3 is 18.0 Å². The Balaban J connectivity index is 2.97. The predicted octanol–water partition coefficient (Wildman–Crippen LogP) is 2.51. The highest BCUT2D eigenvalue weighted by molar-refractivity contribution is 5.90. The van der Waals surface area contributed by atoms with E-state index in [1.54, 1.807) is 34.6 Å². The number of alkyl carbamates (subject to hydrolysis) is 1. The molecule has 0 radical (unpaired) electrons. The van der Waals surface area contributed by atoms with Gasteiger partial charge < -0.3 is 24.8 Å². The van der Waals surface area contributed by atoms with E-state index in [2.05, 4.69) is 10.6 Å². The summed E-state index contributed by atoms with van der Waals surface area (Å²) in [6, 6.07) is 7.04. The van der Waals surface area contributed by atoms with E-state index in [-0.39, 0.29) is 32.5 Å². The fourth-order valence-electron chi connectivity index (χ4n) is 2.77. The van der Waals surface area contributed by atoms with Crippen LogP contribution in [0.15, 0.2) is 30.3 Å². The molecule has 178 valence electrons. The molecule has 0 aliphatic heterocycles. The van der Waals surface area contributed by atoms with E-state index < -0.39 is 41.6 Å². The first-order valence-electron chi connectivity index (χ1n) is 10.7. The number of hydrogen-bond acceptors (Lipinski definition) is 7. The van der Waals surface area contributed by atoms with Crippen LogP contribution >= 0.6 is 0 Å². The van der Waals surface area contributed by atoms with Crippen LogP contribution in [-0.2, 0) is 35.0 Å². The maximum atomic E-state index is 13.0. The molecule has 1 aromatic carbocycles. The maximum Gasteiger partial charge on any atom is 0.408 e. The van der Waals surface area contributed by atoms with Crippen molar-refractivity contribution in [3.63, 3.8) is 0 Å². The van der Waals surface area contributed by atoms with Gasteiger partial charge in [0.25, 0.3) is 0 Å². The number of carbonyl (C=O) groups excluding carboxylic acids is 4. The molecule has 32 heavy (non-hydrogen) atoms. The summed E-state index contributed by atoms with van der Waals surface area (Å²) in [6.07, 6.45) is -0.638. The van der Waals surface area contributed by atoms with Crippen LogP contribution < -0.4 is 10.6 Å². The highest BCUT2D eigenvalue weighted by atomic mass is 16.6. The van der Waals surface area contributed by atoms with E-state index in [0.717, 1.165) is 5.56 Å². The van der Waals surface area contributed by atoms with Gasteiger partial charge in [-0.1, -0.05) is 30.3 Å². The molecule has 9 heteroatoms. The fourth-order valence-corrected chi connectivity index (χ4v) is 2.77. The number of benzene rings is 1. The molecular weight excluding hydrogens is 416 g/mol. The van der Waals surface area contributed by atoms with Crippen LogP contribution in [0.25, 0.3) is 0 Å². The molecule has 0 bridgehead atoms. The van der Waals surface area contributed by atoms with Gasteiger partial charge in [0, 0.05) is 12.8 Å². The fraction of sp³-hybridized carbons (Fsp3) is 0.565. The summed E-state index contributed by atoms with van der Waals surface area (Å²) >= 11 is 0. The normalized spacial score (nSPS) is 12.8. The number of nitrogens with one attached hydrogen (secondary N) is 2. The molecule has 1 rings (SSSR count). The summed E-state index contributed by atoms with van der Waals surface area (Å²) in [5, 5.41) is 5.16. The molecule has 2 atom stereocenters. The summed E-state index contributed by atoms with van der Waals surface area (Å²) in [6.45, 7) is 8.80. The second kappa shape index (κ2) is 13.3. The molecule has 2 N–H and O–H groups in total. The molecule has 0 saturated carbocycles. The standard InChI is InChI=1S/C23H34N2O7/c1-6-30-19(26)14-13-17(21(28)31-7-2)24-20(27)18(15-16-11-9-8-10-12-16)25-22(29)32-23(3,4)5/h8-12,17-18H,6-7,13-15H2,1-5H3,(H,24,27)(H,25,29)/t17-,18-/m1/s1. The van der Waals surface area contributed by atoms with Gasteiger partial charge in [-0.15, -0.1) is 0 Å². The third-order valence-electron chi connectivity index (χ3n) is 4.12. The lowest BCUT2D eigenvalue weighted by Gasteiger charge is -2.25. The first-order chi connectivity index (χ1) is 15.1. The number of hydrogen-bond donors (Lipinski definition) is 2. The molecule has 1 aromatic rings. The predicted molar refractivity (Wildman–Crippen MR) is 118 cm³/mol. The molecule has 0 heterocycles. The van der Waals surface area contributed by atoms with Crippen LogP contribution in [0.2, 0.25) is 0 Å². The molecule has 0 spiro atoms. The minimum absolute atomic E-state index is 0.00784. The Hall–Kier alpha value is -3.10. The van der Waals surface area contributed by atoms with E-state index in [0.29, 0.717) is 0 Å². The number of carbonyl (C=O) groups is 4. The second-order valence-electron chi connectivity index (χ2n) is 8.05. The molecular formula is C23H34N2O7. The van der Waals surface area contributed by atoms with Crippen LogP contribution in [0, 0.1) is 0 Å². The minimum atomic E-state index is -1.06. The molecule has 0 unspecified atom stereocenters. The Bertz CT molecular complexity index is 759. The smallest absolute Gasteiger partial charge is 0.408 e. The number of rotatable bonds is 11. The highest BCUT2D eigenvalue weighted by Crippen LogP contribution is 2.10. The van der Waals surface area contributed by atoms with Crippen molar-refractivity contribution in [3.8, 4) is 0 Å². The summed E-state index contributed by atoms with van der Waals surface area (Å²) in [5.74, 6) is -1.74. The lowest BCUT2D eigenvalue weighted by molar-refractivity contribution is -0.149. The van der Waals surface area contributed by atoms with Gasteiger partial charge in [0.1, 0.15) is 17.7 Å². The monoisotopic (exact) mass is 450 g/mol. The number of esters is 2. The van der Waals surface area contributed by atoms with E-state index in [4.69, 9.17) is 14.2 Å². The number of amides is 2. The molecule has 0 saturated heterocycles. The molecule has 0 aliphatic carbocycles. The number of ether oxygens (including phenoxy) is 3. The van der Waals surface area contributed by atoms with Gasteiger partial charge in [-0.05, 0) is 46.6 Å². The van der Waals surface area contributed by atoms with Crippen molar-refractivity contribution in [1.82, 2.24) is 10.6 Å². The van der Waals surface area contributed by atoms with E-state index in [9.17, 15) is 19.2 Å². The molecule has 9 nitrogen and oxygen atoms in total. The SMILES string of the molecule is CCOC(=O)CC[C@@H](NC(=O)[C@@H](Cc1ccccc1)NC(=O)OC(C)(C)C)C(=O)OCC. The first kappa shape index (κ1) is 26.9. The Morgan fingerprint density at radius 2 is 1.53 bits per heavy atom. The van der Waals surface area contributed by atoms with Crippen molar-refractivity contribution >= 4 is 23.9 Å². The van der Waals surface area contributed by atoms with Crippen molar-refractivity contribution < 1.29 is 33.4 Å². The van der Waals surface area contributed by atoms with Gasteiger partial charge in [-0.2, -0.15) is 0 Å². The van der Waals surface area contributed by atoms with E-state index in [1.165, 1.54) is 0 Å². The van der Waals surface area contributed by atoms with Crippen molar-refractivity contribution in [2.24, 2.45) is 0 Å². The maximum absolute atomic E-state index is 13.0. The molecule has 0 aliphatic rings. The van der Waals surface area contributed by atoms with Gasteiger partial charge in [0.15, 0.2) is 0 Å². The van der Waals surface area contributed by atoms with Crippen LogP contribution in [-0.4, -0.2) is 54.8 Å². The zero-order chi connectivity index (χ0) is 24.1. The van der Waals surface area contributed by atoms with Gasteiger partial charge in [0.2, 0.25) is 5.91 Å². The van der Waals surface area contributed by atoms with Crippen molar-refractivity contribution in [2.75, 3.05) is 13.2 Å². The molecule has 0 fully saturated rings. The average Bonchev–Trinajstić information content (AvgIpc) is 2.70. The Morgan fingerprint density at radius 1 is 0.906 bits per heavy atom. The Morgan fingerprint density at radius 3 is 2.09 bits per heavy atom. The van der Waals surface area contributed by atoms with E-state index >= 15 is 0 Å². The quantitative estimate of drug-likeness (QED) is 0.393. The summed E-state index contributed by atoms with van der Waals surface area (Å²) in [4.78, 5) is 49.4. The third-order valence-corrected chi connectivity index (χ3v) is 4.12. The van der Waals surface area contributed by atoms with Crippen molar-refractivity contribution in [2.45, 2.75) is 71.6 Å². The van der Waals surface area contributed by atoms with Crippen LogP contribution in [0.4, 0.5) is 4.79 Å². The topological polar surface area (TPSA) is 120 Å². The lowest BCUT2D eigenvalue weighted by Crippen LogP contribution is -2.53. The third kappa shape index (κ3) is 10.8. The largest absolute Gasteiger partial charge is 0.466 e. The van der Waals surface area contributed by atoms with Crippen molar-refractivity contribution in [1.29, 1.82) is 0 Å². The average molecular weight is 451 g/mol. The van der Waals surface area contributed by atoms with Gasteiger partial charge in [0.05, 0.1) is 13.2 Å². The second-order valence-corrected chi connectivity index (χ2v) is 8.05.